The molecule has 0 N–H and O–H groups in total. The molecule has 0 unspecified atom stereocenters. The highest BCUT2D eigenvalue weighted by atomic mass is 16.4. The van der Waals surface area contributed by atoms with E-state index in [0.29, 0.717) is 0 Å². The lowest BCUT2D eigenvalue weighted by atomic mass is 10.1. The van der Waals surface area contributed by atoms with Crippen molar-refractivity contribution >= 4 is 47.8 Å². The third-order valence-corrected chi connectivity index (χ3v) is 8.04. The molecule has 48 heavy (non-hydrogen) atoms. The summed E-state index contributed by atoms with van der Waals surface area (Å²) in [5.74, 6) is -13.3. The van der Waals surface area contributed by atoms with Crippen LogP contribution in [0.15, 0.2) is 0 Å². The second kappa shape index (κ2) is 20.8. The third kappa shape index (κ3) is 15.0. The molecule has 1 saturated heterocycles. The lowest BCUT2D eigenvalue weighted by Gasteiger charge is -2.43. The summed E-state index contributed by atoms with van der Waals surface area (Å²) in [5, 5.41) is 93.0. The van der Waals surface area contributed by atoms with Crippen molar-refractivity contribution in [2.24, 2.45) is 0 Å². The first-order valence-corrected chi connectivity index (χ1v) is 15.0. The SMILES string of the molecule is O=C([O-])CC[C@@H](C(=O)[O-])N1CCN([C@@H](CCC(=O)[O-])C(=O)[O-])CCN([C@@H](CCC(=O)[O-])C(=O)[O-])CCN([C@@H](CCC(=O)[O-])C(=O)[O-])CC1. The summed E-state index contributed by atoms with van der Waals surface area (Å²) in [6.07, 6.45) is -5.16. The van der Waals surface area contributed by atoms with Gasteiger partial charge in [0.25, 0.3) is 0 Å². The van der Waals surface area contributed by atoms with Gasteiger partial charge in [-0.1, -0.05) is 0 Å². The minimum atomic E-state index is -1.74. The van der Waals surface area contributed by atoms with E-state index in [9.17, 15) is 79.2 Å². The lowest BCUT2D eigenvalue weighted by Crippen LogP contribution is -2.59. The van der Waals surface area contributed by atoms with Crippen molar-refractivity contribution < 1.29 is 79.2 Å². The number of carbonyl (C=O) groups is 8. The van der Waals surface area contributed by atoms with E-state index < -0.39 is 123 Å². The van der Waals surface area contributed by atoms with Crippen molar-refractivity contribution in [1.29, 1.82) is 0 Å². The molecule has 0 amide bonds. The maximum absolute atomic E-state index is 12.1. The summed E-state index contributed by atoms with van der Waals surface area (Å²) in [6.45, 7) is -2.90. The van der Waals surface area contributed by atoms with Gasteiger partial charge in [0.2, 0.25) is 0 Å². The fraction of sp³-hybridized carbons (Fsp3) is 0.714. The Kier molecular flexibility index (Phi) is 18.0. The Morgan fingerprint density at radius 2 is 0.479 bits per heavy atom. The van der Waals surface area contributed by atoms with Crippen LogP contribution in [0.3, 0.4) is 0 Å². The molecule has 1 heterocycles. The Bertz CT molecular complexity index is 974. The summed E-state index contributed by atoms with van der Waals surface area (Å²) in [7, 11) is 0. The predicted octanol–water partition coefficient (Wildman–Crippen LogP) is -12.2. The highest BCUT2D eigenvalue weighted by Crippen LogP contribution is 2.16. The van der Waals surface area contributed by atoms with E-state index in [-0.39, 0.29) is 52.4 Å². The van der Waals surface area contributed by atoms with Gasteiger partial charge >= 0.3 is 0 Å². The molecule has 0 radical (unpaired) electrons. The van der Waals surface area contributed by atoms with Crippen LogP contribution < -0.4 is 40.9 Å². The monoisotopic (exact) mass is 684 g/mol. The Morgan fingerprint density at radius 1 is 0.333 bits per heavy atom. The smallest absolute Gasteiger partial charge is 0.0586 e. The quantitative estimate of drug-likeness (QED) is 0.115. The molecule has 1 rings (SSSR count). The highest BCUT2D eigenvalue weighted by molar-refractivity contribution is 5.75. The molecular formula is C28H36N4O16-8. The zero-order valence-corrected chi connectivity index (χ0v) is 25.9. The van der Waals surface area contributed by atoms with Crippen molar-refractivity contribution in [3.63, 3.8) is 0 Å². The number of aliphatic carboxylic acids is 8. The molecule has 1 aliphatic rings. The molecule has 1 fully saturated rings. The largest absolute Gasteiger partial charge is 0.550 e. The van der Waals surface area contributed by atoms with Crippen molar-refractivity contribution in [2.75, 3.05) is 52.4 Å². The molecule has 1 aliphatic heterocycles. The number of carboxylic acids is 8. The summed E-state index contributed by atoms with van der Waals surface area (Å²) in [5.41, 5.74) is 0. The van der Waals surface area contributed by atoms with Crippen molar-refractivity contribution in [3.8, 4) is 0 Å². The van der Waals surface area contributed by atoms with Gasteiger partial charge in [0.15, 0.2) is 0 Å². The van der Waals surface area contributed by atoms with E-state index in [2.05, 4.69) is 0 Å². The predicted molar refractivity (Wildman–Crippen MR) is 138 cm³/mol. The summed E-state index contributed by atoms with van der Waals surface area (Å²) in [6, 6.07) is -6.53. The van der Waals surface area contributed by atoms with Crippen LogP contribution in [0.1, 0.15) is 51.4 Å². The van der Waals surface area contributed by atoms with Crippen LogP contribution in [0.4, 0.5) is 0 Å². The number of rotatable bonds is 20. The Labute approximate surface area is 274 Å². The van der Waals surface area contributed by atoms with Gasteiger partial charge in [0, 0.05) is 100 Å². The highest BCUT2D eigenvalue weighted by Gasteiger charge is 2.30. The molecular weight excluding hydrogens is 648 g/mol. The number of nitrogens with zero attached hydrogens (tertiary/aromatic N) is 4. The van der Waals surface area contributed by atoms with Gasteiger partial charge in [0.05, 0.1) is 23.9 Å². The fourth-order valence-electron chi connectivity index (χ4n) is 5.54. The van der Waals surface area contributed by atoms with Gasteiger partial charge < -0.3 is 79.2 Å². The van der Waals surface area contributed by atoms with Crippen molar-refractivity contribution in [1.82, 2.24) is 19.6 Å². The number of hydrogen-bond donors (Lipinski definition) is 0. The molecule has 0 bridgehead atoms. The van der Waals surface area contributed by atoms with E-state index >= 15 is 0 Å². The molecule has 20 heteroatoms. The number of carboxylic acid groups (broad SMARTS) is 8. The Balaban J connectivity index is 3.70. The average Bonchev–Trinajstić information content (AvgIpc) is 2.95. The molecule has 0 aliphatic carbocycles. The van der Waals surface area contributed by atoms with E-state index in [1.165, 1.54) is 0 Å². The second-order valence-corrected chi connectivity index (χ2v) is 11.1. The average molecular weight is 685 g/mol. The number of carbonyl (C=O) groups excluding carboxylic acids is 8. The topological polar surface area (TPSA) is 334 Å². The van der Waals surface area contributed by atoms with Crippen molar-refractivity contribution in [2.45, 2.75) is 75.5 Å². The van der Waals surface area contributed by atoms with E-state index in [4.69, 9.17) is 0 Å². The van der Waals surface area contributed by atoms with Gasteiger partial charge in [-0.05, 0) is 51.4 Å². The van der Waals surface area contributed by atoms with Gasteiger partial charge in [-0.25, -0.2) is 0 Å². The van der Waals surface area contributed by atoms with Gasteiger partial charge in [-0.3, -0.25) is 19.6 Å². The lowest BCUT2D eigenvalue weighted by molar-refractivity contribution is -0.317. The van der Waals surface area contributed by atoms with Gasteiger partial charge in [0.1, 0.15) is 0 Å². The minimum Gasteiger partial charge on any atom is -0.550 e. The van der Waals surface area contributed by atoms with Crippen LogP contribution >= 0.6 is 0 Å². The standard InChI is InChI=1S/C28H44N4O16/c33-21(34)5-1-17(25(41)42)29-9-11-30(18(26(43)44)2-6-22(35)36)13-15-32(20(28(47)48)4-8-24(39)40)16-14-31(12-10-29)19(27(45)46)3-7-23(37)38/h17-20H,1-16H2,(H,33,34)(H,35,36)(H,37,38)(H,39,40)(H,41,42)(H,43,44)(H,45,46)(H,47,48)/p-8/t17-,18-,19-,20-/m0/s1. The van der Waals surface area contributed by atoms with Gasteiger partial charge in [-0.2, -0.15) is 0 Å². The van der Waals surface area contributed by atoms with Crippen LogP contribution in [0.2, 0.25) is 0 Å². The molecule has 0 aromatic rings. The summed E-state index contributed by atoms with van der Waals surface area (Å²) in [4.78, 5) is 97.6. The second-order valence-electron chi connectivity index (χ2n) is 11.1. The normalized spacial score (nSPS) is 18.7. The van der Waals surface area contributed by atoms with Crippen LogP contribution in [0.25, 0.3) is 0 Å². The molecule has 0 spiro atoms. The van der Waals surface area contributed by atoms with E-state index in [1.807, 2.05) is 0 Å². The van der Waals surface area contributed by atoms with Crippen LogP contribution in [0.5, 0.6) is 0 Å². The van der Waals surface area contributed by atoms with Gasteiger partial charge in [-0.15, -0.1) is 0 Å². The molecule has 272 valence electrons. The zero-order valence-electron chi connectivity index (χ0n) is 25.9. The van der Waals surface area contributed by atoms with Crippen LogP contribution in [0, 0.1) is 0 Å². The first-order valence-electron chi connectivity index (χ1n) is 15.0. The first kappa shape index (κ1) is 41.6. The van der Waals surface area contributed by atoms with E-state index in [0.717, 1.165) is 19.6 Å². The van der Waals surface area contributed by atoms with Crippen LogP contribution in [-0.4, -0.2) is 144 Å². The molecule has 4 atom stereocenters. The van der Waals surface area contributed by atoms with E-state index in [1.54, 1.807) is 0 Å². The molecule has 0 aromatic carbocycles. The minimum absolute atomic E-state index is 0.363. The maximum Gasteiger partial charge on any atom is 0.0586 e. The van der Waals surface area contributed by atoms with Crippen molar-refractivity contribution in [3.05, 3.63) is 0 Å². The maximum atomic E-state index is 12.1. The molecule has 20 nitrogen and oxygen atoms in total. The zero-order chi connectivity index (χ0) is 36.6. The molecule has 0 saturated carbocycles. The Hall–Kier alpha value is -4.40. The first-order chi connectivity index (χ1) is 22.4. The molecule has 0 aromatic heterocycles. The van der Waals surface area contributed by atoms with Crippen LogP contribution in [-0.2, 0) is 38.4 Å². The fourth-order valence-corrected chi connectivity index (χ4v) is 5.54. The Morgan fingerprint density at radius 3 is 0.583 bits per heavy atom. The summed E-state index contributed by atoms with van der Waals surface area (Å²) < 4.78 is 0. The summed E-state index contributed by atoms with van der Waals surface area (Å²) >= 11 is 0. The number of hydrogen-bond acceptors (Lipinski definition) is 20. The third-order valence-electron chi connectivity index (χ3n) is 8.04.